The second kappa shape index (κ2) is 10.5. The normalized spacial score (nSPS) is 10.1. The molecule has 0 bridgehead atoms. The molecule has 0 fully saturated rings. The summed E-state index contributed by atoms with van der Waals surface area (Å²) in [7, 11) is 1.85. The minimum absolute atomic E-state index is 0.0586. The van der Waals surface area contributed by atoms with Crippen molar-refractivity contribution in [3.8, 4) is 0 Å². The monoisotopic (exact) mass is 201 g/mol. The van der Waals surface area contributed by atoms with Crippen LogP contribution >= 0.6 is 0 Å². The summed E-state index contributed by atoms with van der Waals surface area (Å²) in [5.74, 6) is -0.0586. The number of nitrogens with one attached hydrogen (secondary N) is 1. The van der Waals surface area contributed by atoms with Crippen molar-refractivity contribution in [1.29, 1.82) is 0 Å². The number of rotatable bonds is 9. The highest BCUT2D eigenvalue weighted by Crippen LogP contribution is 2.05. The minimum Gasteiger partial charge on any atom is -0.464 e. The van der Waals surface area contributed by atoms with Gasteiger partial charge in [-0.2, -0.15) is 0 Å². The van der Waals surface area contributed by atoms with Crippen LogP contribution < -0.4 is 5.32 Å². The number of likely N-dealkylation sites (N-methyl/N-ethyl adjacent to an activating group) is 1. The van der Waals surface area contributed by atoms with Gasteiger partial charge in [0.05, 0.1) is 0 Å². The van der Waals surface area contributed by atoms with Crippen molar-refractivity contribution in [2.24, 2.45) is 0 Å². The van der Waals surface area contributed by atoms with Crippen LogP contribution in [0.2, 0.25) is 0 Å². The molecule has 0 amide bonds. The molecule has 0 saturated carbocycles. The zero-order valence-electron chi connectivity index (χ0n) is 9.47. The predicted molar refractivity (Wildman–Crippen MR) is 58.3 cm³/mol. The van der Waals surface area contributed by atoms with Crippen LogP contribution in [-0.2, 0) is 9.53 Å². The highest BCUT2D eigenvalue weighted by Gasteiger charge is 2.01. The Balaban J connectivity index is 3.10. The van der Waals surface area contributed by atoms with Crippen molar-refractivity contribution in [3.63, 3.8) is 0 Å². The van der Waals surface area contributed by atoms with Gasteiger partial charge in [0.15, 0.2) is 0 Å². The lowest BCUT2D eigenvalue weighted by Gasteiger charge is -2.03. The molecule has 0 aromatic heterocycles. The van der Waals surface area contributed by atoms with Gasteiger partial charge in [0.2, 0.25) is 0 Å². The van der Waals surface area contributed by atoms with Gasteiger partial charge in [-0.1, -0.05) is 32.6 Å². The maximum absolute atomic E-state index is 11.1. The molecular formula is C11H23NO2. The Morgan fingerprint density at radius 3 is 2.57 bits per heavy atom. The van der Waals surface area contributed by atoms with Gasteiger partial charge >= 0.3 is 5.97 Å². The van der Waals surface area contributed by atoms with Crippen LogP contribution in [0, 0.1) is 0 Å². The molecule has 0 aliphatic heterocycles. The van der Waals surface area contributed by atoms with E-state index < -0.39 is 0 Å². The Bertz CT molecular complexity index is 137. The molecular weight excluding hydrogens is 178 g/mol. The highest BCUT2D eigenvalue weighted by atomic mass is 16.5. The fourth-order valence-corrected chi connectivity index (χ4v) is 1.21. The van der Waals surface area contributed by atoms with Crippen molar-refractivity contribution in [1.82, 2.24) is 5.32 Å². The lowest BCUT2D eigenvalue weighted by atomic mass is 10.1. The number of hydrogen-bond acceptors (Lipinski definition) is 3. The summed E-state index contributed by atoms with van der Waals surface area (Å²) in [5, 5.41) is 2.93. The minimum atomic E-state index is -0.0586. The third kappa shape index (κ3) is 9.52. The van der Waals surface area contributed by atoms with Crippen molar-refractivity contribution in [2.75, 3.05) is 20.2 Å². The molecule has 14 heavy (non-hydrogen) atoms. The summed E-state index contributed by atoms with van der Waals surface area (Å²) in [6, 6.07) is 0. The van der Waals surface area contributed by atoms with Crippen LogP contribution in [-0.4, -0.2) is 26.2 Å². The molecule has 1 N–H and O–H groups in total. The molecule has 0 spiro atoms. The molecule has 0 radical (unpaired) electrons. The Hall–Kier alpha value is -0.570. The van der Waals surface area contributed by atoms with Crippen LogP contribution in [0.1, 0.15) is 45.4 Å². The summed E-state index contributed by atoms with van der Waals surface area (Å²) in [5.41, 5.74) is 0. The summed E-state index contributed by atoms with van der Waals surface area (Å²) >= 11 is 0. The van der Waals surface area contributed by atoms with E-state index in [-0.39, 0.29) is 5.97 Å². The van der Waals surface area contributed by atoms with E-state index in [2.05, 4.69) is 12.2 Å². The molecule has 0 saturated heterocycles. The SMILES string of the molecule is CCCCCCCC(=O)OCCNC. The number of hydrogen-bond donors (Lipinski definition) is 1. The predicted octanol–water partition coefficient (Wildman–Crippen LogP) is 2.11. The number of carbonyl (C=O) groups excluding carboxylic acids is 1. The summed E-state index contributed by atoms with van der Waals surface area (Å²) in [4.78, 5) is 11.1. The Labute approximate surface area is 87.2 Å². The Morgan fingerprint density at radius 1 is 1.21 bits per heavy atom. The van der Waals surface area contributed by atoms with Crippen LogP contribution in [0.4, 0.5) is 0 Å². The fourth-order valence-electron chi connectivity index (χ4n) is 1.21. The number of ether oxygens (including phenoxy) is 1. The largest absolute Gasteiger partial charge is 0.464 e. The lowest BCUT2D eigenvalue weighted by Crippen LogP contribution is -2.17. The first kappa shape index (κ1) is 13.4. The zero-order chi connectivity index (χ0) is 10.6. The van der Waals surface area contributed by atoms with Crippen molar-refractivity contribution < 1.29 is 9.53 Å². The Morgan fingerprint density at radius 2 is 1.93 bits per heavy atom. The molecule has 0 atom stereocenters. The third-order valence-corrected chi connectivity index (χ3v) is 2.10. The molecule has 0 unspecified atom stereocenters. The van der Waals surface area contributed by atoms with Gasteiger partial charge in [-0.3, -0.25) is 4.79 Å². The van der Waals surface area contributed by atoms with Crippen LogP contribution in [0.5, 0.6) is 0 Å². The fraction of sp³-hybridized carbons (Fsp3) is 0.909. The van der Waals surface area contributed by atoms with E-state index in [9.17, 15) is 4.79 Å². The molecule has 0 rings (SSSR count). The molecule has 3 heteroatoms. The molecule has 0 heterocycles. The summed E-state index contributed by atoms with van der Waals surface area (Å²) in [6.07, 6.45) is 6.45. The van der Waals surface area contributed by atoms with Gasteiger partial charge in [-0.25, -0.2) is 0 Å². The van der Waals surface area contributed by atoms with Crippen LogP contribution in [0.15, 0.2) is 0 Å². The summed E-state index contributed by atoms with van der Waals surface area (Å²) in [6.45, 7) is 3.41. The van der Waals surface area contributed by atoms with E-state index in [4.69, 9.17) is 4.74 Å². The molecule has 3 nitrogen and oxygen atoms in total. The molecule has 0 aromatic carbocycles. The summed E-state index contributed by atoms with van der Waals surface area (Å²) < 4.78 is 4.99. The van der Waals surface area contributed by atoms with Crippen LogP contribution in [0.3, 0.4) is 0 Å². The second-order valence-electron chi connectivity index (χ2n) is 3.49. The van der Waals surface area contributed by atoms with Crippen molar-refractivity contribution in [2.45, 2.75) is 45.4 Å². The number of carbonyl (C=O) groups is 1. The quantitative estimate of drug-likeness (QED) is 0.458. The second-order valence-corrected chi connectivity index (χ2v) is 3.49. The van der Waals surface area contributed by atoms with Crippen molar-refractivity contribution >= 4 is 5.97 Å². The van der Waals surface area contributed by atoms with Gasteiger partial charge in [0.25, 0.3) is 0 Å². The average molecular weight is 201 g/mol. The average Bonchev–Trinajstić information content (AvgIpc) is 2.18. The van der Waals surface area contributed by atoms with E-state index in [0.29, 0.717) is 13.0 Å². The first-order valence-corrected chi connectivity index (χ1v) is 5.61. The third-order valence-electron chi connectivity index (χ3n) is 2.10. The maximum atomic E-state index is 11.1. The van der Waals surface area contributed by atoms with Gasteiger partial charge in [0, 0.05) is 13.0 Å². The van der Waals surface area contributed by atoms with Crippen molar-refractivity contribution in [3.05, 3.63) is 0 Å². The molecule has 0 aliphatic carbocycles. The molecule has 0 aliphatic rings. The number of esters is 1. The highest BCUT2D eigenvalue weighted by molar-refractivity contribution is 5.69. The topological polar surface area (TPSA) is 38.3 Å². The van der Waals surface area contributed by atoms with E-state index in [1.54, 1.807) is 0 Å². The van der Waals surface area contributed by atoms with Gasteiger partial charge in [-0.05, 0) is 13.5 Å². The molecule has 84 valence electrons. The van der Waals surface area contributed by atoms with E-state index >= 15 is 0 Å². The Kier molecular flexibility index (Phi) is 10.1. The van der Waals surface area contributed by atoms with Gasteiger partial charge in [-0.15, -0.1) is 0 Å². The smallest absolute Gasteiger partial charge is 0.305 e. The van der Waals surface area contributed by atoms with Gasteiger partial charge < -0.3 is 10.1 Å². The van der Waals surface area contributed by atoms with E-state index in [1.165, 1.54) is 19.3 Å². The molecule has 0 aromatic rings. The van der Waals surface area contributed by atoms with Crippen LogP contribution in [0.25, 0.3) is 0 Å². The first-order chi connectivity index (χ1) is 6.81. The standard InChI is InChI=1S/C11H23NO2/c1-3-4-5-6-7-8-11(13)14-10-9-12-2/h12H,3-10H2,1-2H3. The first-order valence-electron chi connectivity index (χ1n) is 5.61. The maximum Gasteiger partial charge on any atom is 0.305 e. The number of unbranched alkanes of at least 4 members (excludes halogenated alkanes) is 4. The van der Waals surface area contributed by atoms with E-state index in [1.807, 2.05) is 7.05 Å². The van der Waals surface area contributed by atoms with Gasteiger partial charge in [0.1, 0.15) is 6.61 Å². The zero-order valence-corrected chi connectivity index (χ0v) is 9.47. The van der Waals surface area contributed by atoms with E-state index in [0.717, 1.165) is 19.4 Å². The lowest BCUT2D eigenvalue weighted by molar-refractivity contribution is -0.143.